The van der Waals surface area contributed by atoms with Crippen LogP contribution < -0.4 is 10.5 Å². The normalized spacial score (nSPS) is 11.5. The number of nitrogens with two attached hydrogens (primary N) is 1. The molecule has 0 atom stereocenters. The van der Waals surface area contributed by atoms with Crippen LogP contribution in [0.15, 0.2) is 45.1 Å². The summed E-state index contributed by atoms with van der Waals surface area (Å²) >= 11 is 1.52. The molecule has 2 aromatic heterocycles. The highest BCUT2D eigenvalue weighted by molar-refractivity contribution is 7.89. The summed E-state index contributed by atoms with van der Waals surface area (Å²) in [5.74, 6) is 0.773. The Labute approximate surface area is 160 Å². The van der Waals surface area contributed by atoms with Gasteiger partial charge in [-0.3, -0.25) is 4.79 Å². The number of nitrogens with one attached hydrogen (secondary N) is 1. The molecule has 0 spiro atoms. The summed E-state index contributed by atoms with van der Waals surface area (Å²) in [6.45, 7) is 1.64. The van der Waals surface area contributed by atoms with Crippen LogP contribution in [0.3, 0.4) is 0 Å². The van der Waals surface area contributed by atoms with E-state index in [1.54, 1.807) is 19.1 Å². The van der Waals surface area contributed by atoms with Gasteiger partial charge in [0.15, 0.2) is 0 Å². The molecule has 2 heterocycles. The number of aromatic nitrogens is 2. The van der Waals surface area contributed by atoms with Crippen molar-refractivity contribution in [2.75, 3.05) is 5.32 Å². The van der Waals surface area contributed by atoms with Crippen LogP contribution in [0.5, 0.6) is 0 Å². The molecule has 27 heavy (non-hydrogen) atoms. The summed E-state index contributed by atoms with van der Waals surface area (Å²) in [7, 11) is -3.84. The number of rotatable bonds is 7. The first-order valence-corrected chi connectivity index (χ1v) is 10.6. The Morgan fingerprint density at radius 1 is 1.33 bits per heavy atom. The molecule has 0 saturated heterocycles. The highest BCUT2D eigenvalue weighted by atomic mass is 32.2. The Balaban J connectivity index is 1.53. The van der Waals surface area contributed by atoms with Crippen molar-refractivity contribution in [1.82, 2.24) is 10.1 Å². The second kappa shape index (κ2) is 7.99. The maximum absolute atomic E-state index is 12.1. The van der Waals surface area contributed by atoms with Crippen molar-refractivity contribution < 1.29 is 17.7 Å². The second-order valence-corrected chi connectivity index (χ2v) is 8.39. The molecule has 0 fully saturated rings. The fourth-order valence-electron chi connectivity index (χ4n) is 2.47. The standard InChI is InChI=1S/C17H18N4O4S2/c1-11-7-8-12(10-14(11)27(18,23)24)19-15(22)5-2-6-16-20-17(21-25-16)13-4-3-9-26-13/h3-4,7-10H,2,5-6H2,1H3,(H,19,22)(H2,18,23,24). The minimum atomic E-state index is -3.84. The third kappa shape index (κ3) is 5.00. The van der Waals surface area contributed by atoms with Gasteiger partial charge in [0, 0.05) is 18.5 Å². The number of hydrogen-bond donors (Lipinski definition) is 2. The van der Waals surface area contributed by atoms with E-state index in [1.807, 2.05) is 17.5 Å². The average Bonchev–Trinajstić information content (AvgIpc) is 3.26. The minimum absolute atomic E-state index is 0.00716. The van der Waals surface area contributed by atoms with Crippen molar-refractivity contribution in [2.45, 2.75) is 31.1 Å². The molecule has 0 aliphatic carbocycles. The van der Waals surface area contributed by atoms with E-state index in [4.69, 9.17) is 9.66 Å². The lowest BCUT2D eigenvalue weighted by molar-refractivity contribution is -0.116. The molecule has 0 unspecified atom stereocenters. The van der Waals surface area contributed by atoms with Crippen LogP contribution >= 0.6 is 11.3 Å². The SMILES string of the molecule is Cc1ccc(NC(=O)CCCc2nc(-c3cccs3)no2)cc1S(N)(=O)=O. The van der Waals surface area contributed by atoms with Gasteiger partial charge in [-0.2, -0.15) is 4.98 Å². The number of benzene rings is 1. The molecule has 1 aromatic carbocycles. The summed E-state index contributed by atoms with van der Waals surface area (Å²) in [4.78, 5) is 17.3. The summed E-state index contributed by atoms with van der Waals surface area (Å²) in [6.07, 6.45) is 1.23. The van der Waals surface area contributed by atoms with Crippen molar-refractivity contribution >= 4 is 33.0 Å². The number of anilines is 1. The smallest absolute Gasteiger partial charge is 0.238 e. The van der Waals surface area contributed by atoms with Crippen molar-refractivity contribution in [1.29, 1.82) is 0 Å². The van der Waals surface area contributed by atoms with Crippen LogP contribution in [0.4, 0.5) is 5.69 Å². The van der Waals surface area contributed by atoms with Crippen LogP contribution in [0.2, 0.25) is 0 Å². The van der Waals surface area contributed by atoms with E-state index in [2.05, 4.69) is 15.5 Å². The molecule has 0 aliphatic heterocycles. The van der Waals surface area contributed by atoms with Crippen LogP contribution in [-0.2, 0) is 21.2 Å². The second-order valence-electron chi connectivity index (χ2n) is 5.92. The molecule has 0 aliphatic rings. The first kappa shape index (κ1) is 19.2. The third-order valence-corrected chi connectivity index (χ3v) is 5.70. The number of hydrogen-bond acceptors (Lipinski definition) is 7. The summed E-state index contributed by atoms with van der Waals surface area (Å²) in [6, 6.07) is 8.40. The maximum atomic E-state index is 12.1. The Bertz CT molecular complexity index is 1040. The Morgan fingerprint density at radius 2 is 2.15 bits per heavy atom. The zero-order valence-corrected chi connectivity index (χ0v) is 16.1. The maximum Gasteiger partial charge on any atom is 0.238 e. The van der Waals surface area contributed by atoms with Gasteiger partial charge in [-0.1, -0.05) is 17.3 Å². The van der Waals surface area contributed by atoms with Gasteiger partial charge in [-0.25, -0.2) is 13.6 Å². The predicted octanol–water partition coefficient (Wildman–Crippen LogP) is 2.72. The van der Waals surface area contributed by atoms with Gasteiger partial charge in [0.2, 0.25) is 27.6 Å². The molecule has 142 valence electrons. The Kier molecular flexibility index (Phi) is 5.68. The number of aryl methyl sites for hydroxylation is 2. The molecular formula is C17H18N4O4S2. The molecule has 1 amide bonds. The quantitative estimate of drug-likeness (QED) is 0.621. The van der Waals surface area contributed by atoms with Crippen molar-refractivity contribution in [3.05, 3.63) is 47.2 Å². The first-order valence-electron chi connectivity index (χ1n) is 8.13. The summed E-state index contributed by atoms with van der Waals surface area (Å²) < 4.78 is 28.3. The zero-order chi connectivity index (χ0) is 19.4. The van der Waals surface area contributed by atoms with E-state index in [0.29, 0.717) is 35.8 Å². The van der Waals surface area contributed by atoms with E-state index in [0.717, 1.165) is 4.88 Å². The number of thiophene rings is 1. The van der Waals surface area contributed by atoms with Crippen molar-refractivity contribution in [2.24, 2.45) is 5.14 Å². The third-order valence-electron chi connectivity index (χ3n) is 3.78. The molecule has 3 aromatic rings. The van der Waals surface area contributed by atoms with Crippen LogP contribution in [0.25, 0.3) is 10.7 Å². The van der Waals surface area contributed by atoms with Gasteiger partial charge in [0.25, 0.3) is 0 Å². The van der Waals surface area contributed by atoms with E-state index in [9.17, 15) is 13.2 Å². The Hall–Kier alpha value is -2.56. The van der Waals surface area contributed by atoms with E-state index >= 15 is 0 Å². The molecule has 3 rings (SSSR count). The van der Waals surface area contributed by atoms with E-state index < -0.39 is 10.0 Å². The predicted molar refractivity (Wildman–Crippen MR) is 102 cm³/mol. The largest absolute Gasteiger partial charge is 0.339 e. The summed E-state index contributed by atoms with van der Waals surface area (Å²) in [5, 5.41) is 13.7. The number of carbonyl (C=O) groups excluding carboxylic acids is 1. The van der Waals surface area contributed by atoms with E-state index in [-0.39, 0.29) is 17.2 Å². The van der Waals surface area contributed by atoms with E-state index in [1.165, 1.54) is 17.4 Å². The van der Waals surface area contributed by atoms with Crippen molar-refractivity contribution in [3.63, 3.8) is 0 Å². The lowest BCUT2D eigenvalue weighted by Crippen LogP contribution is -2.16. The van der Waals surface area contributed by atoms with Gasteiger partial charge in [0.1, 0.15) is 0 Å². The topological polar surface area (TPSA) is 128 Å². The zero-order valence-electron chi connectivity index (χ0n) is 14.5. The number of carbonyl (C=O) groups is 1. The molecule has 8 nitrogen and oxygen atoms in total. The minimum Gasteiger partial charge on any atom is -0.339 e. The number of sulfonamides is 1. The molecule has 10 heteroatoms. The van der Waals surface area contributed by atoms with Crippen LogP contribution in [0.1, 0.15) is 24.3 Å². The molecule has 3 N–H and O–H groups in total. The van der Waals surface area contributed by atoms with Crippen molar-refractivity contribution in [3.8, 4) is 10.7 Å². The first-order chi connectivity index (χ1) is 12.8. The average molecular weight is 406 g/mol. The molecular weight excluding hydrogens is 388 g/mol. The number of amides is 1. The van der Waals surface area contributed by atoms with Gasteiger partial charge >= 0.3 is 0 Å². The monoisotopic (exact) mass is 406 g/mol. The lowest BCUT2D eigenvalue weighted by atomic mass is 10.2. The van der Waals surface area contributed by atoms with Gasteiger partial charge in [-0.05, 0) is 42.5 Å². The number of primary sulfonamides is 1. The molecule has 0 bridgehead atoms. The number of nitrogens with zero attached hydrogens (tertiary/aromatic N) is 2. The highest BCUT2D eigenvalue weighted by Crippen LogP contribution is 2.22. The highest BCUT2D eigenvalue weighted by Gasteiger charge is 2.14. The fourth-order valence-corrected chi connectivity index (χ4v) is 3.93. The van der Waals surface area contributed by atoms with Crippen LogP contribution in [0, 0.1) is 6.92 Å². The lowest BCUT2D eigenvalue weighted by Gasteiger charge is -2.08. The molecule has 0 radical (unpaired) electrons. The van der Waals surface area contributed by atoms with Gasteiger partial charge in [0.05, 0.1) is 9.77 Å². The fraction of sp³-hybridized carbons (Fsp3) is 0.235. The van der Waals surface area contributed by atoms with Gasteiger partial charge in [-0.15, -0.1) is 11.3 Å². The van der Waals surface area contributed by atoms with Gasteiger partial charge < -0.3 is 9.84 Å². The molecule has 0 saturated carbocycles. The van der Waals surface area contributed by atoms with Crippen LogP contribution in [-0.4, -0.2) is 24.5 Å². The summed E-state index contributed by atoms with van der Waals surface area (Å²) in [5.41, 5.74) is 0.904. The Morgan fingerprint density at radius 3 is 2.85 bits per heavy atom.